The molecule has 1 saturated heterocycles. The van der Waals surface area contributed by atoms with E-state index in [4.69, 9.17) is 9.26 Å². The van der Waals surface area contributed by atoms with Gasteiger partial charge >= 0.3 is 6.09 Å². The summed E-state index contributed by atoms with van der Waals surface area (Å²) in [6.45, 7) is 13.3. The maximum atomic E-state index is 12.3. The van der Waals surface area contributed by atoms with Gasteiger partial charge in [-0.15, -0.1) is 24.0 Å². The number of rotatable bonds is 5. The molecule has 0 aromatic carbocycles. The number of nitrogens with one attached hydrogen (secondary N) is 1. The maximum Gasteiger partial charge on any atom is 0.410 e. The van der Waals surface area contributed by atoms with Gasteiger partial charge in [0.2, 0.25) is 5.89 Å². The molecule has 164 valence electrons. The smallest absolute Gasteiger partial charge is 0.410 e. The molecule has 29 heavy (non-hydrogen) atoms. The zero-order chi connectivity index (χ0) is 20.3. The van der Waals surface area contributed by atoms with Gasteiger partial charge in [0.25, 0.3) is 0 Å². The highest BCUT2D eigenvalue weighted by Gasteiger charge is 2.36. The molecule has 0 saturated carbocycles. The first-order chi connectivity index (χ1) is 13.2. The summed E-state index contributed by atoms with van der Waals surface area (Å²) in [5, 5.41) is 7.40. The van der Waals surface area contributed by atoms with Crippen LogP contribution in [0.2, 0.25) is 0 Å². The quantitative estimate of drug-likeness (QED) is 0.471. The molecule has 3 heterocycles. The largest absolute Gasteiger partial charge is 0.444 e. The van der Waals surface area contributed by atoms with E-state index in [2.05, 4.69) is 25.3 Å². The van der Waals surface area contributed by atoms with Gasteiger partial charge in [0.15, 0.2) is 11.8 Å². The number of guanidine groups is 1. The number of piperazine rings is 1. The van der Waals surface area contributed by atoms with Gasteiger partial charge in [0, 0.05) is 38.5 Å². The average molecular weight is 520 g/mol. The molecule has 1 aromatic rings. The van der Waals surface area contributed by atoms with Gasteiger partial charge in [-0.3, -0.25) is 4.99 Å². The van der Waals surface area contributed by atoms with Crippen LogP contribution < -0.4 is 5.32 Å². The Balaban J connectivity index is 0.00000300. The lowest BCUT2D eigenvalue weighted by molar-refractivity contribution is 0.0137. The molecular weight excluding hydrogens is 487 g/mol. The summed E-state index contributed by atoms with van der Waals surface area (Å²) in [5.74, 6) is 2.64. The molecule has 1 aromatic heterocycles. The van der Waals surface area contributed by atoms with Crippen LogP contribution in [0.4, 0.5) is 4.79 Å². The van der Waals surface area contributed by atoms with Crippen molar-refractivity contribution < 1.29 is 14.1 Å². The number of carbonyl (C=O) groups is 1. The number of nitrogens with zero attached hydrogens (tertiary/aromatic N) is 5. The monoisotopic (exact) mass is 520 g/mol. The summed E-state index contributed by atoms with van der Waals surface area (Å²) in [6, 6.07) is 0.216. The van der Waals surface area contributed by atoms with Crippen molar-refractivity contribution in [1.29, 1.82) is 0 Å². The summed E-state index contributed by atoms with van der Waals surface area (Å²) in [6.07, 6.45) is 1.39. The van der Waals surface area contributed by atoms with E-state index >= 15 is 0 Å². The van der Waals surface area contributed by atoms with Crippen LogP contribution in [-0.4, -0.2) is 76.4 Å². The van der Waals surface area contributed by atoms with Crippen LogP contribution in [0.3, 0.4) is 0 Å². The average Bonchev–Trinajstić information content (AvgIpc) is 3.24. The number of fused-ring (bicyclic) bond motifs is 1. The summed E-state index contributed by atoms with van der Waals surface area (Å²) in [5.41, 5.74) is -0.471. The number of halogens is 1. The molecule has 0 aliphatic carbocycles. The third kappa shape index (κ3) is 6.45. The molecule has 1 atom stereocenters. The van der Waals surface area contributed by atoms with Gasteiger partial charge in [-0.25, -0.2) is 4.79 Å². The summed E-state index contributed by atoms with van der Waals surface area (Å²) < 4.78 is 10.8. The summed E-state index contributed by atoms with van der Waals surface area (Å²) >= 11 is 0. The van der Waals surface area contributed by atoms with Crippen molar-refractivity contribution in [1.82, 2.24) is 25.3 Å². The lowest BCUT2D eigenvalue weighted by Gasteiger charge is -2.39. The predicted octanol–water partition coefficient (Wildman–Crippen LogP) is 2.62. The molecule has 3 rings (SSSR count). The highest BCUT2D eigenvalue weighted by Crippen LogP contribution is 2.18. The Morgan fingerprint density at radius 1 is 1.34 bits per heavy atom. The Morgan fingerprint density at radius 3 is 2.76 bits per heavy atom. The zero-order valence-electron chi connectivity index (χ0n) is 18.0. The van der Waals surface area contributed by atoms with Crippen molar-refractivity contribution in [2.45, 2.75) is 65.0 Å². The van der Waals surface area contributed by atoms with Crippen molar-refractivity contribution in [3.63, 3.8) is 0 Å². The van der Waals surface area contributed by atoms with Crippen LogP contribution in [0.1, 0.15) is 58.7 Å². The topological polar surface area (TPSA) is 96.1 Å². The summed E-state index contributed by atoms with van der Waals surface area (Å²) in [4.78, 5) is 25.3. The molecule has 10 heteroatoms. The van der Waals surface area contributed by atoms with E-state index in [1.54, 1.807) is 4.90 Å². The SMILES string of the molecule is CC(C)c1noc(CCCNC2=NCC3CN(C(=O)OC(C)(C)C)CCN23)n1.I. The highest BCUT2D eigenvalue weighted by atomic mass is 127. The van der Waals surface area contributed by atoms with Crippen LogP contribution >= 0.6 is 24.0 Å². The fraction of sp³-hybridized carbons (Fsp3) is 0.789. The second-order valence-corrected chi connectivity index (χ2v) is 8.67. The Hall–Kier alpha value is -1.59. The lowest BCUT2D eigenvalue weighted by Crippen LogP contribution is -2.57. The first kappa shape index (κ1) is 23.7. The number of carbonyl (C=O) groups excluding carboxylic acids is 1. The number of amides is 1. The van der Waals surface area contributed by atoms with Gasteiger partial charge in [-0.2, -0.15) is 4.98 Å². The second kappa shape index (κ2) is 9.94. The molecule has 1 unspecified atom stereocenters. The van der Waals surface area contributed by atoms with Gasteiger partial charge in [-0.1, -0.05) is 19.0 Å². The number of aliphatic imine (C=N–C) groups is 1. The minimum absolute atomic E-state index is 0. The van der Waals surface area contributed by atoms with E-state index in [0.29, 0.717) is 25.5 Å². The molecule has 1 N–H and O–H groups in total. The van der Waals surface area contributed by atoms with Gasteiger partial charge < -0.3 is 24.4 Å². The molecule has 0 radical (unpaired) electrons. The van der Waals surface area contributed by atoms with Crippen molar-refractivity contribution in [3.05, 3.63) is 11.7 Å². The first-order valence-electron chi connectivity index (χ1n) is 10.1. The summed E-state index contributed by atoms with van der Waals surface area (Å²) in [7, 11) is 0. The van der Waals surface area contributed by atoms with Crippen molar-refractivity contribution in [3.8, 4) is 0 Å². The number of aryl methyl sites for hydroxylation is 1. The van der Waals surface area contributed by atoms with Crippen LogP contribution in [0.5, 0.6) is 0 Å². The van der Waals surface area contributed by atoms with E-state index in [1.165, 1.54) is 0 Å². The molecule has 0 spiro atoms. The molecule has 9 nitrogen and oxygen atoms in total. The highest BCUT2D eigenvalue weighted by molar-refractivity contribution is 14.0. The van der Waals surface area contributed by atoms with Gasteiger partial charge in [0.1, 0.15) is 5.60 Å². The fourth-order valence-corrected chi connectivity index (χ4v) is 3.27. The molecule has 0 bridgehead atoms. The van der Waals surface area contributed by atoms with Crippen LogP contribution in [0.25, 0.3) is 0 Å². The van der Waals surface area contributed by atoms with Crippen molar-refractivity contribution >= 4 is 36.0 Å². The Labute approximate surface area is 189 Å². The van der Waals surface area contributed by atoms with E-state index < -0.39 is 5.60 Å². The minimum Gasteiger partial charge on any atom is -0.444 e. The van der Waals surface area contributed by atoms with Crippen LogP contribution in [-0.2, 0) is 11.2 Å². The van der Waals surface area contributed by atoms with Crippen molar-refractivity contribution in [2.24, 2.45) is 4.99 Å². The maximum absolute atomic E-state index is 12.3. The Kier molecular flexibility index (Phi) is 8.12. The van der Waals surface area contributed by atoms with Gasteiger partial charge in [-0.05, 0) is 27.2 Å². The normalized spacial score (nSPS) is 19.0. The first-order valence-corrected chi connectivity index (χ1v) is 10.1. The lowest BCUT2D eigenvalue weighted by atomic mass is 10.2. The fourth-order valence-electron chi connectivity index (χ4n) is 3.27. The van der Waals surface area contributed by atoms with E-state index in [-0.39, 0.29) is 42.0 Å². The van der Waals surface area contributed by atoms with Crippen LogP contribution in [0.15, 0.2) is 9.52 Å². The third-order valence-corrected chi connectivity index (χ3v) is 4.71. The molecule has 1 fully saturated rings. The molecular formula is C19H33IN6O3. The van der Waals surface area contributed by atoms with E-state index in [0.717, 1.165) is 37.7 Å². The predicted molar refractivity (Wildman–Crippen MR) is 121 cm³/mol. The second-order valence-electron chi connectivity index (χ2n) is 8.67. The number of hydrogen-bond acceptors (Lipinski definition) is 8. The molecule has 1 amide bonds. The van der Waals surface area contributed by atoms with Crippen molar-refractivity contribution in [2.75, 3.05) is 32.7 Å². The zero-order valence-corrected chi connectivity index (χ0v) is 20.3. The number of aromatic nitrogens is 2. The van der Waals surface area contributed by atoms with E-state index in [9.17, 15) is 4.79 Å². The van der Waals surface area contributed by atoms with Gasteiger partial charge in [0.05, 0.1) is 12.6 Å². The Morgan fingerprint density at radius 2 is 2.10 bits per heavy atom. The minimum atomic E-state index is -0.471. The third-order valence-electron chi connectivity index (χ3n) is 4.71. The Bertz CT molecular complexity index is 715. The standard InChI is InChI=1S/C19H32N6O3.HI/c1-13(2)16-22-15(28-23-16)7-6-8-20-17-21-11-14-12-24(9-10-25(14)17)18(26)27-19(3,4)5;/h13-14H,6-12H2,1-5H3,(H,20,21);1H. The van der Waals surface area contributed by atoms with E-state index in [1.807, 2.05) is 34.6 Å². The number of ether oxygens (including phenoxy) is 1. The molecule has 2 aliphatic heterocycles. The molecule has 2 aliphatic rings. The van der Waals surface area contributed by atoms with Crippen LogP contribution in [0, 0.1) is 0 Å². The number of hydrogen-bond donors (Lipinski definition) is 1.